The molecule has 1 unspecified atom stereocenters. The van der Waals surface area contributed by atoms with E-state index in [0.717, 1.165) is 19.3 Å². The van der Waals surface area contributed by atoms with Gasteiger partial charge in [0.2, 0.25) is 11.8 Å². The van der Waals surface area contributed by atoms with E-state index in [-0.39, 0.29) is 17.9 Å². The summed E-state index contributed by atoms with van der Waals surface area (Å²) in [7, 11) is 1.64. The van der Waals surface area contributed by atoms with E-state index in [1.54, 1.807) is 11.9 Å². The Morgan fingerprint density at radius 2 is 1.79 bits per heavy atom. The molecule has 108 valence electrons. The lowest BCUT2D eigenvalue weighted by Crippen LogP contribution is -2.53. The smallest absolute Gasteiger partial charge is 0.242 e. The molecule has 19 heavy (non-hydrogen) atoms. The summed E-state index contributed by atoms with van der Waals surface area (Å²) >= 11 is 0. The summed E-state index contributed by atoms with van der Waals surface area (Å²) in [5.41, 5.74) is 0. The van der Waals surface area contributed by atoms with Crippen molar-refractivity contribution in [1.82, 2.24) is 15.5 Å². The van der Waals surface area contributed by atoms with Gasteiger partial charge in [-0.25, -0.2) is 0 Å². The van der Waals surface area contributed by atoms with E-state index >= 15 is 0 Å². The summed E-state index contributed by atoms with van der Waals surface area (Å²) in [6, 6.07) is 0.226. The second-order valence-corrected chi connectivity index (χ2v) is 5.58. The van der Waals surface area contributed by atoms with Crippen molar-refractivity contribution >= 4 is 11.8 Å². The molecule has 2 rings (SSSR count). The second-order valence-electron chi connectivity index (χ2n) is 5.58. The first kappa shape index (κ1) is 14.3. The maximum absolute atomic E-state index is 12.3. The molecule has 0 spiro atoms. The lowest BCUT2D eigenvalue weighted by Gasteiger charge is -2.34. The van der Waals surface area contributed by atoms with Crippen molar-refractivity contribution in [3.05, 3.63) is 0 Å². The first-order valence-electron chi connectivity index (χ1n) is 7.47. The van der Waals surface area contributed by atoms with Crippen LogP contribution in [0.2, 0.25) is 0 Å². The zero-order valence-electron chi connectivity index (χ0n) is 11.8. The van der Waals surface area contributed by atoms with E-state index in [4.69, 9.17) is 0 Å². The van der Waals surface area contributed by atoms with Gasteiger partial charge in [0, 0.05) is 19.6 Å². The van der Waals surface area contributed by atoms with Gasteiger partial charge >= 0.3 is 0 Å². The molecule has 0 radical (unpaired) electrons. The number of hydrogen-bond donors (Lipinski definition) is 2. The maximum atomic E-state index is 12.3. The maximum Gasteiger partial charge on any atom is 0.242 e. The summed E-state index contributed by atoms with van der Waals surface area (Å²) in [6.07, 6.45) is 7.68. The van der Waals surface area contributed by atoms with Crippen LogP contribution in [0.1, 0.15) is 44.9 Å². The summed E-state index contributed by atoms with van der Waals surface area (Å²) in [6.45, 7) is 1.08. The molecule has 1 aliphatic carbocycles. The Kier molecular flexibility index (Phi) is 5.19. The number of carbonyl (C=O) groups is 2. The fraction of sp³-hybridized carbons (Fsp3) is 0.857. The molecule has 2 N–H and O–H groups in total. The van der Waals surface area contributed by atoms with Crippen LogP contribution in [0.5, 0.6) is 0 Å². The first-order chi connectivity index (χ1) is 9.22. The highest BCUT2D eigenvalue weighted by molar-refractivity contribution is 5.88. The number of nitrogens with zero attached hydrogens (tertiary/aromatic N) is 1. The minimum Gasteiger partial charge on any atom is -0.357 e. The van der Waals surface area contributed by atoms with Gasteiger partial charge < -0.3 is 15.5 Å². The molecule has 1 saturated carbocycles. The normalized spacial score (nSPS) is 24.5. The van der Waals surface area contributed by atoms with Gasteiger partial charge in [0.05, 0.1) is 6.54 Å². The summed E-state index contributed by atoms with van der Waals surface area (Å²) < 4.78 is 0. The molecule has 5 nitrogen and oxygen atoms in total. The molecule has 1 atom stereocenters. The van der Waals surface area contributed by atoms with Crippen molar-refractivity contribution in [1.29, 1.82) is 0 Å². The Labute approximate surface area is 115 Å². The van der Waals surface area contributed by atoms with Crippen LogP contribution in [0.3, 0.4) is 0 Å². The molecule has 0 aromatic heterocycles. The topological polar surface area (TPSA) is 61.4 Å². The minimum atomic E-state index is -0.267. The number of likely N-dealkylation sites (tertiary alicyclic amines) is 1. The van der Waals surface area contributed by atoms with Crippen LogP contribution in [-0.4, -0.2) is 48.9 Å². The Morgan fingerprint density at radius 1 is 1.11 bits per heavy atom. The van der Waals surface area contributed by atoms with E-state index in [2.05, 4.69) is 10.6 Å². The zero-order chi connectivity index (χ0) is 13.7. The lowest BCUT2D eigenvalue weighted by atomic mass is 10.0. The Bertz CT molecular complexity index is 327. The monoisotopic (exact) mass is 267 g/mol. The van der Waals surface area contributed by atoms with Gasteiger partial charge in [-0.1, -0.05) is 12.8 Å². The van der Waals surface area contributed by atoms with Gasteiger partial charge in [-0.15, -0.1) is 0 Å². The molecule has 0 bridgehead atoms. The third kappa shape index (κ3) is 3.69. The van der Waals surface area contributed by atoms with E-state index in [9.17, 15) is 9.59 Å². The lowest BCUT2D eigenvalue weighted by molar-refractivity contribution is -0.141. The molecular weight excluding hydrogens is 242 g/mol. The van der Waals surface area contributed by atoms with Crippen LogP contribution in [0.15, 0.2) is 0 Å². The third-order valence-electron chi connectivity index (χ3n) is 4.27. The predicted molar refractivity (Wildman–Crippen MR) is 73.7 cm³/mol. The highest BCUT2D eigenvalue weighted by atomic mass is 16.2. The van der Waals surface area contributed by atoms with Gasteiger partial charge in [-0.05, 0) is 32.1 Å². The molecule has 0 aromatic rings. The summed E-state index contributed by atoms with van der Waals surface area (Å²) in [5.74, 6) is 0.0362. The molecule has 1 saturated heterocycles. The Hall–Kier alpha value is -1.10. The van der Waals surface area contributed by atoms with Crippen molar-refractivity contribution in [2.45, 2.75) is 57.0 Å². The minimum absolute atomic E-state index is 0.0334. The zero-order valence-corrected chi connectivity index (χ0v) is 11.8. The van der Waals surface area contributed by atoms with Crippen molar-refractivity contribution < 1.29 is 9.59 Å². The van der Waals surface area contributed by atoms with Crippen LogP contribution >= 0.6 is 0 Å². The second kappa shape index (κ2) is 6.89. The van der Waals surface area contributed by atoms with Crippen LogP contribution in [-0.2, 0) is 9.59 Å². The molecule has 0 aromatic carbocycles. The number of piperidine rings is 1. The van der Waals surface area contributed by atoms with Gasteiger partial charge in [0.1, 0.15) is 6.04 Å². The average Bonchev–Trinajstić information content (AvgIpc) is 2.97. The van der Waals surface area contributed by atoms with Gasteiger partial charge in [0.15, 0.2) is 0 Å². The molecule has 2 amide bonds. The van der Waals surface area contributed by atoms with E-state index in [0.29, 0.717) is 19.1 Å². The molecule has 1 heterocycles. The van der Waals surface area contributed by atoms with Crippen LogP contribution < -0.4 is 10.6 Å². The van der Waals surface area contributed by atoms with Crippen LogP contribution in [0.4, 0.5) is 0 Å². The Morgan fingerprint density at radius 3 is 2.47 bits per heavy atom. The number of amides is 2. The fourth-order valence-corrected chi connectivity index (χ4v) is 3.13. The highest BCUT2D eigenvalue weighted by Gasteiger charge is 2.31. The first-order valence-corrected chi connectivity index (χ1v) is 7.47. The largest absolute Gasteiger partial charge is 0.357 e. The van der Waals surface area contributed by atoms with Crippen molar-refractivity contribution in [2.24, 2.45) is 0 Å². The summed E-state index contributed by atoms with van der Waals surface area (Å²) in [4.78, 5) is 25.8. The fourth-order valence-electron chi connectivity index (χ4n) is 3.13. The number of nitrogens with one attached hydrogen (secondary N) is 2. The van der Waals surface area contributed by atoms with E-state index < -0.39 is 0 Å². The van der Waals surface area contributed by atoms with E-state index in [1.165, 1.54) is 25.7 Å². The van der Waals surface area contributed by atoms with Crippen LogP contribution in [0.25, 0.3) is 0 Å². The van der Waals surface area contributed by atoms with Crippen molar-refractivity contribution in [3.8, 4) is 0 Å². The quantitative estimate of drug-likeness (QED) is 0.786. The Balaban J connectivity index is 1.85. The molecular formula is C14H25N3O2. The van der Waals surface area contributed by atoms with Gasteiger partial charge in [-0.2, -0.15) is 0 Å². The van der Waals surface area contributed by atoms with Crippen molar-refractivity contribution in [3.63, 3.8) is 0 Å². The number of rotatable bonds is 4. The standard InChI is InChI=1S/C14H25N3O2/c1-15-14(19)12-8-4-5-9-17(12)13(18)10-16-11-6-2-3-7-11/h11-12,16H,2-10H2,1H3,(H,15,19). The third-order valence-corrected chi connectivity index (χ3v) is 4.27. The van der Waals surface area contributed by atoms with Gasteiger partial charge in [0.25, 0.3) is 0 Å². The molecule has 2 aliphatic rings. The number of likely N-dealkylation sites (N-methyl/N-ethyl adjacent to an activating group) is 1. The summed E-state index contributed by atoms with van der Waals surface area (Å²) in [5, 5.41) is 6.00. The van der Waals surface area contributed by atoms with Gasteiger partial charge in [-0.3, -0.25) is 9.59 Å². The van der Waals surface area contributed by atoms with Crippen LogP contribution in [0, 0.1) is 0 Å². The molecule has 2 fully saturated rings. The van der Waals surface area contributed by atoms with Crippen molar-refractivity contribution in [2.75, 3.05) is 20.1 Å². The molecule has 1 aliphatic heterocycles. The number of carbonyl (C=O) groups excluding carboxylic acids is 2. The number of hydrogen-bond acceptors (Lipinski definition) is 3. The highest BCUT2D eigenvalue weighted by Crippen LogP contribution is 2.19. The predicted octanol–water partition coefficient (Wildman–Crippen LogP) is 0.646. The SMILES string of the molecule is CNC(=O)C1CCCCN1C(=O)CNC1CCCC1. The average molecular weight is 267 g/mol. The van der Waals surface area contributed by atoms with E-state index in [1.807, 2.05) is 0 Å². The molecule has 5 heteroatoms.